The molecule has 1 unspecified atom stereocenters. The molecular formula is C31H37N5O3S2. The standard InChI is InChI=1S/C29H31N5O3S2.C2H6/c1-8-14-29(7,31-20(6)30-18(3)4)32-25-17-23(39(35,36)37)15-21-16-26(38)28(24(9-2)27(21)25)34-33-22-12-10-19(5)11-13-22;1-2/h9-13,15-17,32,38H,2H2,1,3-7H3,(H,35,36,37);1-2H3/b31-20-,34-33?;. The van der Waals surface area contributed by atoms with Crippen molar-refractivity contribution in [3.8, 4) is 11.8 Å². The molecule has 1 atom stereocenters. The summed E-state index contributed by atoms with van der Waals surface area (Å²) in [7, 11) is -4.54. The zero-order valence-corrected chi connectivity index (χ0v) is 26.4. The van der Waals surface area contributed by atoms with Crippen LogP contribution in [0.15, 0.2) is 79.0 Å². The second-order valence-corrected chi connectivity index (χ2v) is 11.1. The summed E-state index contributed by atoms with van der Waals surface area (Å²) < 4.78 is 34.3. The van der Waals surface area contributed by atoms with Crippen LogP contribution in [-0.4, -0.2) is 30.2 Å². The number of nitrogens with zero attached hydrogens (tertiary/aromatic N) is 4. The van der Waals surface area contributed by atoms with Crippen LogP contribution in [0.3, 0.4) is 0 Å². The summed E-state index contributed by atoms with van der Waals surface area (Å²) in [5.74, 6) is 6.39. The lowest BCUT2D eigenvalue weighted by molar-refractivity contribution is 0.483. The van der Waals surface area contributed by atoms with Crippen LogP contribution in [0.25, 0.3) is 16.8 Å². The molecule has 0 aliphatic carbocycles. The van der Waals surface area contributed by atoms with Crippen LogP contribution in [0.5, 0.6) is 0 Å². The Morgan fingerprint density at radius 1 is 1.10 bits per heavy atom. The fourth-order valence-corrected chi connectivity index (χ4v) is 4.91. The lowest BCUT2D eigenvalue weighted by Gasteiger charge is -2.25. The first-order chi connectivity index (χ1) is 19.3. The van der Waals surface area contributed by atoms with E-state index in [0.29, 0.717) is 44.1 Å². The SMILES string of the molecule is C=Cc1c(N=Nc2ccc(C)cc2)c(S)cc2cc(S(=O)(=O)O)cc(NC(C)(C#CC)/N=C(/C)N=C(C)C)c12.CC. The zero-order valence-electron chi connectivity index (χ0n) is 24.7. The average molecular weight is 592 g/mol. The molecule has 0 radical (unpaired) electrons. The van der Waals surface area contributed by atoms with Crippen LogP contribution in [0.2, 0.25) is 0 Å². The third-order valence-electron chi connectivity index (χ3n) is 5.52. The van der Waals surface area contributed by atoms with E-state index in [-0.39, 0.29) is 4.90 Å². The summed E-state index contributed by atoms with van der Waals surface area (Å²) in [6, 6.07) is 11.9. The molecule has 8 nitrogen and oxygen atoms in total. The molecule has 0 fully saturated rings. The molecule has 0 bridgehead atoms. The maximum Gasteiger partial charge on any atom is 0.294 e. The number of fused-ring (bicyclic) bond motifs is 1. The van der Waals surface area contributed by atoms with Crippen molar-refractivity contribution in [1.29, 1.82) is 0 Å². The number of hydrogen-bond acceptors (Lipinski definition) is 7. The van der Waals surface area contributed by atoms with Gasteiger partial charge >= 0.3 is 0 Å². The number of nitrogens with one attached hydrogen (secondary N) is 1. The number of thiol groups is 1. The monoisotopic (exact) mass is 591 g/mol. The van der Waals surface area contributed by atoms with Gasteiger partial charge in [0.25, 0.3) is 10.1 Å². The summed E-state index contributed by atoms with van der Waals surface area (Å²) >= 11 is 4.61. The highest BCUT2D eigenvalue weighted by molar-refractivity contribution is 7.85. The van der Waals surface area contributed by atoms with Crippen molar-refractivity contribution in [3.05, 3.63) is 60.2 Å². The van der Waals surface area contributed by atoms with Crippen molar-refractivity contribution in [2.75, 3.05) is 5.32 Å². The Hall–Kier alpha value is -3.78. The van der Waals surface area contributed by atoms with Crippen LogP contribution in [0.1, 0.15) is 59.6 Å². The average Bonchev–Trinajstić information content (AvgIpc) is 2.88. The molecule has 3 aromatic carbocycles. The van der Waals surface area contributed by atoms with Gasteiger partial charge < -0.3 is 5.32 Å². The second-order valence-electron chi connectivity index (χ2n) is 9.23. The summed E-state index contributed by atoms with van der Waals surface area (Å²) in [6.07, 6.45) is 1.60. The second kappa shape index (κ2) is 14.2. The van der Waals surface area contributed by atoms with Gasteiger partial charge in [0.05, 0.1) is 10.6 Å². The molecule has 2 N–H and O–H groups in total. The molecule has 0 spiro atoms. The number of aryl methyl sites for hydroxylation is 1. The minimum atomic E-state index is -4.54. The maximum absolute atomic E-state index is 12.2. The van der Waals surface area contributed by atoms with E-state index in [1.165, 1.54) is 12.1 Å². The molecule has 0 aliphatic rings. The summed E-state index contributed by atoms with van der Waals surface area (Å²) in [6.45, 7) is 18.9. The zero-order chi connectivity index (χ0) is 31.0. The van der Waals surface area contributed by atoms with Crippen LogP contribution in [0, 0.1) is 18.8 Å². The number of aliphatic imine (C=N–C) groups is 2. The molecular weight excluding hydrogens is 555 g/mol. The number of azo groups is 1. The van der Waals surface area contributed by atoms with Gasteiger partial charge in [0.1, 0.15) is 11.5 Å². The van der Waals surface area contributed by atoms with E-state index in [1.807, 2.05) is 58.9 Å². The van der Waals surface area contributed by atoms with Gasteiger partial charge in [-0.3, -0.25) is 4.55 Å². The Morgan fingerprint density at radius 2 is 1.73 bits per heavy atom. The smallest absolute Gasteiger partial charge is 0.294 e. The van der Waals surface area contributed by atoms with Gasteiger partial charge in [-0.2, -0.15) is 13.5 Å². The Morgan fingerprint density at radius 3 is 2.27 bits per heavy atom. The molecule has 216 valence electrons. The molecule has 0 heterocycles. The van der Waals surface area contributed by atoms with Gasteiger partial charge in [0.15, 0.2) is 5.66 Å². The van der Waals surface area contributed by atoms with E-state index >= 15 is 0 Å². The third-order valence-corrected chi connectivity index (χ3v) is 6.69. The minimum absolute atomic E-state index is 0.302. The number of anilines is 1. The molecule has 0 aliphatic heterocycles. The number of amidine groups is 1. The van der Waals surface area contributed by atoms with Gasteiger partial charge in [-0.1, -0.05) is 50.1 Å². The van der Waals surface area contributed by atoms with E-state index < -0.39 is 15.8 Å². The van der Waals surface area contributed by atoms with E-state index in [0.717, 1.165) is 11.3 Å². The number of hydrogen-bond donors (Lipinski definition) is 3. The van der Waals surface area contributed by atoms with Crippen LogP contribution in [0.4, 0.5) is 17.1 Å². The summed E-state index contributed by atoms with van der Waals surface area (Å²) in [4.78, 5) is 9.20. The van der Waals surface area contributed by atoms with Crippen molar-refractivity contribution >= 4 is 68.2 Å². The Labute approximate surface area is 249 Å². The van der Waals surface area contributed by atoms with Gasteiger partial charge in [0.2, 0.25) is 0 Å². The number of rotatable bonds is 7. The number of benzene rings is 3. The Balaban J connectivity index is 0.00000287. The Bertz CT molecular complexity index is 1690. The Kier molecular flexibility index (Phi) is 11.6. The molecule has 0 saturated carbocycles. The first kappa shape index (κ1) is 33.4. The maximum atomic E-state index is 12.2. The molecule has 0 amide bonds. The molecule has 0 aromatic heterocycles. The molecule has 10 heteroatoms. The first-order valence-corrected chi connectivity index (χ1v) is 14.9. The van der Waals surface area contributed by atoms with Crippen LogP contribution < -0.4 is 5.32 Å². The summed E-state index contributed by atoms with van der Waals surface area (Å²) in [5.41, 5.74) is 2.73. The molecule has 0 saturated heterocycles. The highest BCUT2D eigenvalue weighted by Gasteiger charge is 2.25. The molecule has 3 aromatic rings. The topological polar surface area (TPSA) is 116 Å². The van der Waals surface area contributed by atoms with Crippen molar-refractivity contribution in [2.45, 2.75) is 70.8 Å². The predicted molar refractivity (Wildman–Crippen MR) is 175 cm³/mol. The molecule has 3 rings (SSSR count). The fourth-order valence-electron chi connectivity index (χ4n) is 4.06. The van der Waals surface area contributed by atoms with Gasteiger partial charge in [-0.15, -0.1) is 23.7 Å². The van der Waals surface area contributed by atoms with Crippen molar-refractivity contribution in [3.63, 3.8) is 0 Å². The van der Waals surface area contributed by atoms with Gasteiger partial charge in [0, 0.05) is 27.2 Å². The normalized spacial score (nSPS) is 13.0. The highest BCUT2D eigenvalue weighted by Crippen LogP contribution is 2.41. The van der Waals surface area contributed by atoms with E-state index in [1.54, 1.807) is 32.9 Å². The van der Waals surface area contributed by atoms with Gasteiger partial charge in [-0.25, -0.2) is 9.98 Å². The van der Waals surface area contributed by atoms with Crippen LogP contribution >= 0.6 is 12.6 Å². The lowest BCUT2D eigenvalue weighted by atomic mass is 9.99. The van der Waals surface area contributed by atoms with Gasteiger partial charge in [-0.05, 0) is 77.3 Å². The quantitative estimate of drug-likeness (QED) is 0.0636. The molecule has 41 heavy (non-hydrogen) atoms. The van der Waals surface area contributed by atoms with Crippen molar-refractivity contribution in [2.24, 2.45) is 20.2 Å². The predicted octanol–water partition coefficient (Wildman–Crippen LogP) is 8.82. The van der Waals surface area contributed by atoms with E-state index in [2.05, 4.69) is 56.6 Å². The largest absolute Gasteiger partial charge is 0.351 e. The summed E-state index contributed by atoms with van der Waals surface area (Å²) in [5, 5.41) is 13.2. The van der Waals surface area contributed by atoms with Crippen LogP contribution in [-0.2, 0) is 10.1 Å². The van der Waals surface area contributed by atoms with E-state index in [4.69, 9.17) is 0 Å². The highest BCUT2D eigenvalue weighted by atomic mass is 32.2. The van der Waals surface area contributed by atoms with Crippen molar-refractivity contribution < 1.29 is 13.0 Å². The third kappa shape index (κ3) is 8.85. The van der Waals surface area contributed by atoms with E-state index in [9.17, 15) is 13.0 Å². The minimum Gasteiger partial charge on any atom is -0.351 e. The first-order valence-electron chi connectivity index (χ1n) is 13.0. The lowest BCUT2D eigenvalue weighted by Crippen LogP contribution is -2.32. The van der Waals surface area contributed by atoms with Crippen molar-refractivity contribution in [1.82, 2.24) is 0 Å². The fraction of sp³-hybridized carbons (Fsp3) is 0.290.